The molecule has 30 heavy (non-hydrogen) atoms. The van der Waals surface area contributed by atoms with Crippen molar-refractivity contribution in [3.63, 3.8) is 0 Å². The van der Waals surface area contributed by atoms with Crippen molar-refractivity contribution < 1.29 is 0 Å². The van der Waals surface area contributed by atoms with Gasteiger partial charge in [-0.15, -0.1) is 0 Å². The van der Waals surface area contributed by atoms with E-state index in [1.165, 1.54) is 0 Å². The van der Waals surface area contributed by atoms with Crippen LogP contribution in [-0.4, -0.2) is 0 Å². The SMILES string of the molecule is Brc1ccc(C(=C=C=C(c2ccccc2)c2ccc(Br)cc2)c2ccccc2)cc1. The van der Waals surface area contributed by atoms with Gasteiger partial charge in [0.2, 0.25) is 0 Å². The van der Waals surface area contributed by atoms with E-state index in [4.69, 9.17) is 0 Å². The number of rotatable bonds is 4. The van der Waals surface area contributed by atoms with E-state index in [1.807, 2.05) is 36.4 Å². The van der Waals surface area contributed by atoms with Crippen LogP contribution in [0.2, 0.25) is 0 Å². The molecule has 2 heteroatoms. The summed E-state index contributed by atoms with van der Waals surface area (Å²) in [4.78, 5) is 0. The van der Waals surface area contributed by atoms with E-state index < -0.39 is 0 Å². The largest absolute Gasteiger partial charge is 0.0622 e. The molecule has 0 heterocycles. The number of benzene rings is 4. The monoisotopic (exact) mass is 512 g/mol. The van der Waals surface area contributed by atoms with E-state index in [0.717, 1.165) is 42.3 Å². The summed E-state index contributed by atoms with van der Waals surface area (Å²) in [6, 6.07) is 37.3. The van der Waals surface area contributed by atoms with Crippen molar-refractivity contribution in [1.82, 2.24) is 0 Å². The van der Waals surface area contributed by atoms with E-state index >= 15 is 0 Å². The van der Waals surface area contributed by atoms with E-state index in [0.29, 0.717) is 0 Å². The lowest BCUT2D eigenvalue weighted by atomic mass is 9.97. The third-order valence-corrected chi connectivity index (χ3v) is 5.76. The molecule has 4 rings (SSSR count). The number of hydrogen-bond donors (Lipinski definition) is 0. The first-order valence-corrected chi connectivity index (χ1v) is 11.2. The minimum atomic E-state index is 1.01. The Balaban J connectivity index is 2.00. The molecule has 0 amide bonds. The molecular weight excluding hydrogens is 496 g/mol. The fourth-order valence-corrected chi connectivity index (χ4v) is 3.72. The van der Waals surface area contributed by atoms with Gasteiger partial charge in [-0.25, -0.2) is 0 Å². The molecule has 0 aliphatic heterocycles. The number of hydrogen-bond acceptors (Lipinski definition) is 0. The van der Waals surface area contributed by atoms with Crippen molar-refractivity contribution in [3.8, 4) is 0 Å². The molecule has 0 aliphatic rings. The van der Waals surface area contributed by atoms with Crippen molar-refractivity contribution in [2.24, 2.45) is 0 Å². The molecule has 0 atom stereocenters. The van der Waals surface area contributed by atoms with Crippen LogP contribution in [0.5, 0.6) is 0 Å². The Kier molecular flexibility index (Phi) is 6.64. The molecule has 4 aromatic rings. The average Bonchev–Trinajstić information content (AvgIpc) is 2.80. The Hall–Kier alpha value is -2.86. The standard InChI is InChI=1S/C28H18Br2/c29-25-15-11-23(12-16-25)27(21-7-3-1-4-8-21)19-20-28(22-9-5-2-6-10-22)24-13-17-26(30)18-14-24/h1-18H. The Morgan fingerprint density at radius 2 is 0.700 bits per heavy atom. The van der Waals surface area contributed by atoms with Crippen LogP contribution in [-0.2, 0) is 0 Å². The second-order valence-electron chi connectivity index (χ2n) is 6.75. The zero-order valence-electron chi connectivity index (χ0n) is 16.1. The molecule has 4 aromatic carbocycles. The van der Waals surface area contributed by atoms with E-state index in [9.17, 15) is 0 Å². The van der Waals surface area contributed by atoms with Crippen LogP contribution in [0, 0.1) is 0 Å². The minimum absolute atomic E-state index is 1.01. The normalized spacial score (nSPS) is 10.1. The molecule has 0 bridgehead atoms. The van der Waals surface area contributed by atoms with Gasteiger partial charge in [-0.05, 0) is 46.5 Å². The summed E-state index contributed by atoms with van der Waals surface area (Å²) < 4.78 is 2.11. The zero-order valence-corrected chi connectivity index (χ0v) is 19.3. The smallest absolute Gasteiger partial charge is 0.0393 e. The molecule has 0 spiro atoms. The van der Waals surface area contributed by atoms with Crippen LogP contribution in [0.25, 0.3) is 11.1 Å². The second-order valence-corrected chi connectivity index (χ2v) is 8.58. The molecule has 144 valence electrons. The Bertz CT molecular complexity index is 1120. The highest BCUT2D eigenvalue weighted by Gasteiger charge is 2.06. The molecule has 0 nitrogen and oxygen atoms in total. The summed E-state index contributed by atoms with van der Waals surface area (Å²) in [5, 5.41) is 0. The van der Waals surface area contributed by atoms with Crippen molar-refractivity contribution in [2.45, 2.75) is 0 Å². The quantitative estimate of drug-likeness (QED) is 0.240. The highest BCUT2D eigenvalue weighted by Crippen LogP contribution is 2.26. The molecule has 0 saturated heterocycles. The molecule has 0 aliphatic carbocycles. The van der Waals surface area contributed by atoms with Crippen LogP contribution < -0.4 is 0 Å². The summed E-state index contributed by atoms with van der Waals surface area (Å²) >= 11 is 7.05. The van der Waals surface area contributed by atoms with Gasteiger partial charge in [0.05, 0.1) is 0 Å². The molecule has 0 N–H and O–H groups in total. The molecule has 0 fully saturated rings. The van der Waals surface area contributed by atoms with Gasteiger partial charge in [0.25, 0.3) is 0 Å². The van der Waals surface area contributed by atoms with Gasteiger partial charge in [0, 0.05) is 20.1 Å². The van der Waals surface area contributed by atoms with Gasteiger partial charge in [-0.3, -0.25) is 0 Å². The molecule has 0 aromatic heterocycles. The van der Waals surface area contributed by atoms with Crippen LogP contribution in [0.4, 0.5) is 0 Å². The predicted molar refractivity (Wildman–Crippen MR) is 133 cm³/mol. The fraction of sp³-hybridized carbons (Fsp3) is 0. The lowest BCUT2D eigenvalue weighted by molar-refractivity contribution is 1.53. The van der Waals surface area contributed by atoms with Crippen molar-refractivity contribution in [3.05, 3.63) is 152 Å². The fourth-order valence-electron chi connectivity index (χ4n) is 3.19. The first-order valence-electron chi connectivity index (χ1n) is 9.59. The van der Waals surface area contributed by atoms with Gasteiger partial charge in [-0.1, -0.05) is 128 Å². The van der Waals surface area contributed by atoms with Crippen molar-refractivity contribution in [1.29, 1.82) is 0 Å². The molecular formula is C28H18Br2. The summed E-state index contributed by atoms with van der Waals surface area (Å²) in [5.41, 5.74) is 13.4. The van der Waals surface area contributed by atoms with Crippen LogP contribution in [0.3, 0.4) is 0 Å². The Labute approximate surface area is 194 Å². The maximum atomic E-state index is 3.53. The minimum Gasteiger partial charge on any atom is -0.0622 e. The maximum absolute atomic E-state index is 3.53. The second kappa shape index (κ2) is 9.76. The van der Waals surface area contributed by atoms with Crippen LogP contribution in [0.15, 0.2) is 130 Å². The van der Waals surface area contributed by atoms with Gasteiger partial charge >= 0.3 is 0 Å². The Morgan fingerprint density at radius 3 is 1.03 bits per heavy atom. The predicted octanol–water partition coefficient (Wildman–Crippen LogP) is 8.53. The third-order valence-electron chi connectivity index (χ3n) is 4.70. The zero-order chi connectivity index (χ0) is 20.8. The molecule has 0 unspecified atom stereocenters. The Morgan fingerprint density at radius 1 is 0.400 bits per heavy atom. The highest BCUT2D eigenvalue weighted by molar-refractivity contribution is 9.10. The number of halogens is 2. The molecule has 0 radical (unpaired) electrons. The van der Waals surface area contributed by atoms with Crippen LogP contribution >= 0.6 is 31.9 Å². The first-order chi connectivity index (χ1) is 14.7. The van der Waals surface area contributed by atoms with E-state index in [-0.39, 0.29) is 0 Å². The van der Waals surface area contributed by atoms with Crippen LogP contribution in [0.1, 0.15) is 22.3 Å². The first kappa shape index (κ1) is 20.4. The summed E-state index contributed by atoms with van der Waals surface area (Å²) in [6.07, 6.45) is 0. The average molecular weight is 514 g/mol. The van der Waals surface area contributed by atoms with Gasteiger partial charge < -0.3 is 0 Å². The maximum Gasteiger partial charge on any atom is 0.0393 e. The molecule has 0 saturated carbocycles. The topological polar surface area (TPSA) is 0 Å². The highest BCUT2D eigenvalue weighted by atomic mass is 79.9. The van der Waals surface area contributed by atoms with Gasteiger partial charge in [-0.2, -0.15) is 0 Å². The van der Waals surface area contributed by atoms with Crippen molar-refractivity contribution in [2.75, 3.05) is 0 Å². The third kappa shape index (κ3) is 5.00. The van der Waals surface area contributed by atoms with Gasteiger partial charge in [0.15, 0.2) is 0 Å². The lowest BCUT2D eigenvalue weighted by Crippen LogP contribution is -1.87. The summed E-state index contributed by atoms with van der Waals surface area (Å²) in [5.74, 6) is 0. The summed E-state index contributed by atoms with van der Waals surface area (Å²) in [6.45, 7) is 0. The van der Waals surface area contributed by atoms with E-state index in [2.05, 4.69) is 116 Å². The van der Waals surface area contributed by atoms with Crippen molar-refractivity contribution >= 4 is 43.0 Å². The van der Waals surface area contributed by atoms with E-state index in [1.54, 1.807) is 0 Å². The van der Waals surface area contributed by atoms with Gasteiger partial charge in [0.1, 0.15) is 0 Å². The summed E-state index contributed by atoms with van der Waals surface area (Å²) in [7, 11) is 0. The lowest BCUT2D eigenvalue weighted by Gasteiger charge is -2.07.